The minimum absolute atomic E-state index is 0.321. The normalized spacial score (nSPS) is 26.7. The smallest absolute Gasteiger partial charge is 0.0417 e. The van der Waals surface area contributed by atoms with Gasteiger partial charge in [-0.2, -0.15) is 0 Å². The predicted molar refractivity (Wildman–Crippen MR) is 89.5 cm³/mol. The molecule has 20 heavy (non-hydrogen) atoms. The Hall–Kier alpha value is -0.380. The second-order valence-electron chi connectivity index (χ2n) is 7.21. The zero-order valence-electron chi connectivity index (χ0n) is 13.9. The van der Waals surface area contributed by atoms with E-state index in [0.29, 0.717) is 23.5 Å². The van der Waals surface area contributed by atoms with Gasteiger partial charge in [0.1, 0.15) is 0 Å². The van der Waals surface area contributed by atoms with Gasteiger partial charge in [-0.3, -0.25) is 4.90 Å². The predicted octanol–water partition coefficient (Wildman–Crippen LogP) is 4.22. The Labute approximate surface area is 128 Å². The van der Waals surface area contributed by atoms with E-state index in [0.717, 1.165) is 13.1 Å². The van der Waals surface area contributed by atoms with Gasteiger partial charge in [-0.15, -0.1) is 11.3 Å². The molecule has 0 saturated carbocycles. The molecule has 3 heteroatoms. The lowest BCUT2D eigenvalue weighted by Crippen LogP contribution is -2.60. The fraction of sp³-hybridized carbons (Fsp3) is 0.765. The minimum atomic E-state index is 0.321. The van der Waals surface area contributed by atoms with Crippen molar-refractivity contribution in [2.75, 3.05) is 13.1 Å². The molecule has 0 aromatic carbocycles. The average molecular weight is 295 g/mol. The lowest BCUT2D eigenvalue weighted by molar-refractivity contribution is 0.0542. The van der Waals surface area contributed by atoms with Crippen molar-refractivity contribution in [1.29, 1.82) is 0 Å². The van der Waals surface area contributed by atoms with Crippen LogP contribution < -0.4 is 5.32 Å². The highest BCUT2D eigenvalue weighted by Gasteiger charge is 2.35. The van der Waals surface area contributed by atoms with Crippen molar-refractivity contribution < 1.29 is 0 Å². The molecular weight excluding hydrogens is 264 g/mol. The van der Waals surface area contributed by atoms with E-state index in [-0.39, 0.29) is 0 Å². The number of piperazine rings is 1. The van der Waals surface area contributed by atoms with E-state index >= 15 is 0 Å². The molecule has 2 nitrogen and oxygen atoms in total. The Morgan fingerprint density at radius 3 is 2.60 bits per heavy atom. The summed E-state index contributed by atoms with van der Waals surface area (Å²) in [6, 6.07) is 6.33. The van der Waals surface area contributed by atoms with Crippen LogP contribution in [0.4, 0.5) is 0 Å². The summed E-state index contributed by atoms with van der Waals surface area (Å²) in [5.74, 6) is 0. The SMILES string of the molecule is CCC1CNC(C(C)(C)C)CN1C(C)c1ccc(C)s1. The number of hydrogen-bond donors (Lipinski definition) is 1. The van der Waals surface area contributed by atoms with Crippen LogP contribution in [0.5, 0.6) is 0 Å². The number of rotatable bonds is 3. The average Bonchev–Trinajstić information content (AvgIpc) is 2.82. The summed E-state index contributed by atoms with van der Waals surface area (Å²) in [7, 11) is 0. The summed E-state index contributed by atoms with van der Waals surface area (Å²) in [6.07, 6.45) is 1.22. The third-order valence-electron chi connectivity index (χ3n) is 4.65. The highest BCUT2D eigenvalue weighted by molar-refractivity contribution is 7.12. The second kappa shape index (κ2) is 6.17. The number of aryl methyl sites for hydroxylation is 1. The van der Waals surface area contributed by atoms with E-state index < -0.39 is 0 Å². The van der Waals surface area contributed by atoms with Crippen LogP contribution in [0.3, 0.4) is 0 Å². The van der Waals surface area contributed by atoms with E-state index in [4.69, 9.17) is 0 Å². The van der Waals surface area contributed by atoms with Crippen molar-refractivity contribution in [2.45, 2.75) is 66.1 Å². The molecule has 1 aliphatic heterocycles. The molecule has 3 atom stereocenters. The topological polar surface area (TPSA) is 15.3 Å². The number of nitrogens with zero attached hydrogens (tertiary/aromatic N) is 1. The quantitative estimate of drug-likeness (QED) is 0.898. The third-order valence-corrected chi connectivity index (χ3v) is 5.82. The van der Waals surface area contributed by atoms with Crippen molar-refractivity contribution in [3.63, 3.8) is 0 Å². The van der Waals surface area contributed by atoms with E-state index in [9.17, 15) is 0 Å². The Kier molecular flexibility index (Phi) is 4.93. The van der Waals surface area contributed by atoms with Crippen LogP contribution in [0.25, 0.3) is 0 Å². The zero-order valence-corrected chi connectivity index (χ0v) is 14.7. The molecule has 0 amide bonds. The molecule has 1 aliphatic rings. The molecule has 0 spiro atoms. The highest BCUT2D eigenvalue weighted by atomic mass is 32.1. The Balaban J connectivity index is 2.16. The molecule has 0 bridgehead atoms. The molecular formula is C17H30N2S. The van der Waals surface area contributed by atoms with Gasteiger partial charge in [-0.25, -0.2) is 0 Å². The molecule has 1 fully saturated rings. The summed E-state index contributed by atoms with van der Waals surface area (Å²) in [4.78, 5) is 5.65. The van der Waals surface area contributed by atoms with E-state index in [1.54, 1.807) is 0 Å². The Morgan fingerprint density at radius 1 is 1.40 bits per heavy atom. The molecule has 2 rings (SSSR count). The van der Waals surface area contributed by atoms with E-state index in [1.165, 1.54) is 16.2 Å². The highest BCUT2D eigenvalue weighted by Crippen LogP contribution is 2.33. The molecule has 1 aromatic heterocycles. The summed E-state index contributed by atoms with van der Waals surface area (Å²) in [5.41, 5.74) is 0.321. The van der Waals surface area contributed by atoms with Crippen LogP contribution in [-0.2, 0) is 0 Å². The lowest BCUT2D eigenvalue weighted by atomic mass is 9.84. The molecule has 1 N–H and O–H groups in total. The first kappa shape index (κ1) is 16.0. The van der Waals surface area contributed by atoms with Crippen LogP contribution in [0.2, 0.25) is 0 Å². The van der Waals surface area contributed by atoms with Crippen LogP contribution in [0, 0.1) is 12.3 Å². The molecule has 2 heterocycles. The fourth-order valence-electron chi connectivity index (χ4n) is 3.09. The molecule has 114 valence electrons. The van der Waals surface area contributed by atoms with Crippen molar-refractivity contribution in [3.05, 3.63) is 21.9 Å². The van der Waals surface area contributed by atoms with Gasteiger partial charge in [0.25, 0.3) is 0 Å². The van der Waals surface area contributed by atoms with Gasteiger partial charge in [0, 0.05) is 41.0 Å². The lowest BCUT2D eigenvalue weighted by Gasteiger charge is -2.47. The standard InChI is InChI=1S/C17H30N2S/c1-7-14-10-18-16(17(4,5)6)11-19(14)13(3)15-9-8-12(2)20-15/h8-9,13-14,16,18H,7,10-11H2,1-6H3. The molecule has 0 radical (unpaired) electrons. The molecule has 1 saturated heterocycles. The molecule has 0 aliphatic carbocycles. The van der Waals surface area contributed by atoms with Crippen molar-refractivity contribution >= 4 is 11.3 Å². The van der Waals surface area contributed by atoms with Crippen LogP contribution in [0.15, 0.2) is 12.1 Å². The molecule has 3 unspecified atom stereocenters. The van der Waals surface area contributed by atoms with E-state index in [2.05, 4.69) is 63.9 Å². The second-order valence-corrected chi connectivity index (χ2v) is 8.53. The maximum atomic E-state index is 3.76. The van der Waals surface area contributed by atoms with Gasteiger partial charge >= 0.3 is 0 Å². The largest absolute Gasteiger partial charge is 0.311 e. The number of thiophene rings is 1. The summed E-state index contributed by atoms with van der Waals surface area (Å²) in [5, 5.41) is 3.76. The Bertz CT molecular complexity index is 432. The fourth-order valence-corrected chi connectivity index (χ4v) is 4.04. The van der Waals surface area contributed by atoms with Crippen LogP contribution >= 0.6 is 11.3 Å². The van der Waals surface area contributed by atoms with Crippen molar-refractivity contribution in [1.82, 2.24) is 10.2 Å². The summed E-state index contributed by atoms with van der Waals surface area (Å²) >= 11 is 1.95. The van der Waals surface area contributed by atoms with Crippen LogP contribution in [-0.4, -0.2) is 30.1 Å². The zero-order chi connectivity index (χ0) is 14.9. The third kappa shape index (κ3) is 3.44. The first-order chi connectivity index (χ1) is 9.32. The van der Waals surface area contributed by atoms with Crippen LogP contribution in [0.1, 0.15) is 56.8 Å². The number of hydrogen-bond acceptors (Lipinski definition) is 3. The van der Waals surface area contributed by atoms with Gasteiger partial charge < -0.3 is 5.32 Å². The summed E-state index contributed by atoms with van der Waals surface area (Å²) < 4.78 is 0. The maximum absolute atomic E-state index is 3.76. The molecule has 1 aromatic rings. The van der Waals surface area contributed by atoms with Crippen molar-refractivity contribution in [3.8, 4) is 0 Å². The maximum Gasteiger partial charge on any atom is 0.0417 e. The van der Waals surface area contributed by atoms with Crippen molar-refractivity contribution in [2.24, 2.45) is 5.41 Å². The minimum Gasteiger partial charge on any atom is -0.311 e. The van der Waals surface area contributed by atoms with Gasteiger partial charge in [0.05, 0.1) is 0 Å². The first-order valence-corrected chi connectivity index (χ1v) is 8.70. The summed E-state index contributed by atoms with van der Waals surface area (Å²) in [6.45, 7) is 16.2. The van der Waals surface area contributed by atoms with Gasteiger partial charge in [0.15, 0.2) is 0 Å². The Morgan fingerprint density at radius 2 is 2.10 bits per heavy atom. The van der Waals surface area contributed by atoms with Gasteiger partial charge in [0.2, 0.25) is 0 Å². The van der Waals surface area contributed by atoms with Gasteiger partial charge in [-0.1, -0.05) is 27.7 Å². The monoisotopic (exact) mass is 294 g/mol. The van der Waals surface area contributed by atoms with Gasteiger partial charge in [-0.05, 0) is 37.8 Å². The first-order valence-electron chi connectivity index (χ1n) is 7.88. The van der Waals surface area contributed by atoms with E-state index in [1.807, 2.05) is 11.3 Å². The number of nitrogens with one attached hydrogen (secondary N) is 1.